The smallest absolute Gasteiger partial charge is 0.363 e. The summed E-state index contributed by atoms with van der Waals surface area (Å²) in [5.41, 5.74) is 0.877. The summed E-state index contributed by atoms with van der Waals surface area (Å²) in [6.45, 7) is 2.30. The van der Waals surface area contributed by atoms with E-state index in [9.17, 15) is 4.79 Å². The van der Waals surface area contributed by atoms with Gasteiger partial charge in [0.05, 0.1) is 6.54 Å². The van der Waals surface area contributed by atoms with Crippen molar-refractivity contribution in [2.75, 3.05) is 5.32 Å². The van der Waals surface area contributed by atoms with Gasteiger partial charge in [-0.05, 0) is 19.1 Å². The van der Waals surface area contributed by atoms with Crippen molar-refractivity contribution in [2.24, 2.45) is 0 Å². The molecule has 3 aromatic heterocycles. The van der Waals surface area contributed by atoms with E-state index in [0.29, 0.717) is 18.0 Å². The highest BCUT2D eigenvalue weighted by atomic mass is 16.5. The molecule has 0 aliphatic heterocycles. The molecule has 3 rings (SSSR count). The lowest BCUT2D eigenvalue weighted by Gasteiger charge is -2.01. The van der Waals surface area contributed by atoms with E-state index in [-0.39, 0.29) is 5.69 Å². The van der Waals surface area contributed by atoms with Gasteiger partial charge in [-0.1, -0.05) is 5.16 Å². The number of rotatable bonds is 3. The Bertz CT molecular complexity index is 740. The number of nitrogens with one attached hydrogen (secondary N) is 2. The third-order valence-electron chi connectivity index (χ3n) is 2.40. The van der Waals surface area contributed by atoms with Crippen molar-refractivity contribution < 1.29 is 4.52 Å². The van der Waals surface area contributed by atoms with E-state index >= 15 is 0 Å². The largest absolute Gasteiger partial charge is 0.364 e. The Morgan fingerprint density at radius 2 is 2.39 bits per heavy atom. The number of aryl methyl sites for hydroxylation is 1. The molecule has 3 heterocycles. The molecule has 0 aliphatic carbocycles. The number of anilines is 1. The first-order valence-corrected chi connectivity index (χ1v) is 5.33. The van der Waals surface area contributed by atoms with Gasteiger partial charge < -0.3 is 9.84 Å². The SMILES string of the molecule is Cc1cc(CNc2ccc3n[nH]c(=O)n3n2)no1. The first-order valence-electron chi connectivity index (χ1n) is 5.33. The molecule has 0 saturated heterocycles. The topological polar surface area (TPSA) is 101 Å². The van der Waals surface area contributed by atoms with Crippen LogP contribution < -0.4 is 11.0 Å². The van der Waals surface area contributed by atoms with Gasteiger partial charge >= 0.3 is 5.69 Å². The van der Waals surface area contributed by atoms with Crippen LogP contribution in [0, 0.1) is 6.92 Å². The summed E-state index contributed by atoms with van der Waals surface area (Å²) >= 11 is 0. The summed E-state index contributed by atoms with van der Waals surface area (Å²) in [6, 6.07) is 5.26. The maximum absolute atomic E-state index is 11.3. The Morgan fingerprint density at radius 3 is 3.17 bits per heavy atom. The molecule has 0 bridgehead atoms. The van der Waals surface area contributed by atoms with Crippen LogP contribution >= 0.6 is 0 Å². The van der Waals surface area contributed by atoms with Crippen LogP contribution in [0.3, 0.4) is 0 Å². The lowest BCUT2D eigenvalue weighted by Crippen LogP contribution is -2.14. The first kappa shape index (κ1) is 10.5. The van der Waals surface area contributed by atoms with E-state index in [4.69, 9.17) is 4.52 Å². The predicted octanol–water partition coefficient (Wildman–Crippen LogP) is 0.326. The molecule has 8 nitrogen and oxygen atoms in total. The fraction of sp³-hybridized carbons (Fsp3) is 0.200. The van der Waals surface area contributed by atoms with Crippen LogP contribution in [0.1, 0.15) is 11.5 Å². The second-order valence-electron chi connectivity index (χ2n) is 3.80. The molecule has 0 saturated carbocycles. The summed E-state index contributed by atoms with van der Waals surface area (Å²) in [5, 5.41) is 17.1. The summed E-state index contributed by atoms with van der Waals surface area (Å²) < 4.78 is 6.14. The molecule has 2 N–H and O–H groups in total. The van der Waals surface area contributed by atoms with E-state index in [1.807, 2.05) is 13.0 Å². The van der Waals surface area contributed by atoms with Crippen molar-refractivity contribution in [3.8, 4) is 0 Å². The van der Waals surface area contributed by atoms with Crippen LogP contribution in [0.4, 0.5) is 5.82 Å². The molecule has 0 spiro atoms. The Labute approximate surface area is 101 Å². The number of aromatic nitrogens is 5. The molecule has 0 unspecified atom stereocenters. The minimum absolute atomic E-state index is 0.370. The third-order valence-corrected chi connectivity index (χ3v) is 2.40. The highest BCUT2D eigenvalue weighted by Gasteiger charge is 2.04. The van der Waals surface area contributed by atoms with Crippen LogP contribution in [0.5, 0.6) is 0 Å². The summed E-state index contributed by atoms with van der Waals surface area (Å²) in [4.78, 5) is 11.3. The van der Waals surface area contributed by atoms with Crippen molar-refractivity contribution in [1.29, 1.82) is 0 Å². The van der Waals surface area contributed by atoms with Gasteiger partial charge in [0, 0.05) is 6.07 Å². The third kappa shape index (κ3) is 1.83. The molecule has 0 aliphatic rings. The van der Waals surface area contributed by atoms with E-state index < -0.39 is 0 Å². The zero-order valence-corrected chi connectivity index (χ0v) is 9.54. The lowest BCUT2D eigenvalue weighted by molar-refractivity contribution is 0.391. The fourth-order valence-electron chi connectivity index (χ4n) is 1.58. The molecule has 8 heteroatoms. The number of fused-ring (bicyclic) bond motifs is 1. The predicted molar refractivity (Wildman–Crippen MR) is 62.2 cm³/mol. The van der Waals surface area contributed by atoms with E-state index in [0.717, 1.165) is 11.5 Å². The van der Waals surface area contributed by atoms with Gasteiger partial charge in [-0.15, -0.1) is 5.10 Å². The van der Waals surface area contributed by atoms with Gasteiger partial charge in [-0.2, -0.15) is 9.61 Å². The standard InChI is InChI=1S/C10H10N6O2/c1-6-4-7(15-18-6)5-11-8-2-3-9-12-13-10(17)16(9)14-8/h2-4H,5H2,1H3,(H,11,14)(H,13,17). The van der Waals surface area contributed by atoms with Crippen molar-refractivity contribution in [2.45, 2.75) is 13.5 Å². The minimum Gasteiger partial charge on any atom is -0.363 e. The van der Waals surface area contributed by atoms with E-state index in [1.165, 1.54) is 4.52 Å². The lowest BCUT2D eigenvalue weighted by atomic mass is 10.4. The van der Waals surface area contributed by atoms with Crippen LogP contribution in [0.25, 0.3) is 5.65 Å². The second kappa shape index (κ2) is 3.99. The summed E-state index contributed by atoms with van der Waals surface area (Å²) in [6.07, 6.45) is 0. The van der Waals surface area contributed by atoms with Crippen LogP contribution in [-0.2, 0) is 6.54 Å². The average molecular weight is 246 g/mol. The fourth-order valence-corrected chi connectivity index (χ4v) is 1.58. The molecule has 18 heavy (non-hydrogen) atoms. The summed E-state index contributed by atoms with van der Waals surface area (Å²) in [7, 11) is 0. The second-order valence-corrected chi connectivity index (χ2v) is 3.80. The Balaban J connectivity index is 1.82. The number of aromatic amines is 1. The van der Waals surface area contributed by atoms with Crippen LogP contribution in [-0.4, -0.2) is 25.0 Å². The first-order chi connectivity index (χ1) is 8.72. The van der Waals surface area contributed by atoms with Crippen LogP contribution in [0.15, 0.2) is 27.5 Å². The molecule has 92 valence electrons. The zero-order valence-electron chi connectivity index (χ0n) is 9.54. The van der Waals surface area contributed by atoms with Crippen molar-refractivity contribution >= 4 is 11.5 Å². The molecule has 0 atom stereocenters. The van der Waals surface area contributed by atoms with E-state index in [1.54, 1.807) is 12.1 Å². The van der Waals surface area contributed by atoms with Crippen molar-refractivity contribution in [3.05, 3.63) is 40.1 Å². The Kier molecular flexibility index (Phi) is 2.33. The zero-order chi connectivity index (χ0) is 12.5. The van der Waals surface area contributed by atoms with E-state index in [2.05, 4.69) is 25.8 Å². The number of nitrogens with zero attached hydrogens (tertiary/aromatic N) is 4. The summed E-state index contributed by atoms with van der Waals surface area (Å²) in [5.74, 6) is 1.31. The molecule has 0 amide bonds. The van der Waals surface area contributed by atoms with Crippen molar-refractivity contribution in [3.63, 3.8) is 0 Å². The number of H-pyrrole nitrogens is 1. The normalized spacial score (nSPS) is 10.9. The maximum Gasteiger partial charge on any atom is 0.364 e. The Morgan fingerprint density at radius 1 is 1.50 bits per heavy atom. The van der Waals surface area contributed by atoms with Gasteiger partial charge in [0.25, 0.3) is 0 Å². The molecular formula is C10H10N6O2. The van der Waals surface area contributed by atoms with Gasteiger partial charge in [-0.3, -0.25) is 0 Å². The van der Waals surface area contributed by atoms with Gasteiger partial charge in [0.1, 0.15) is 17.3 Å². The van der Waals surface area contributed by atoms with Gasteiger partial charge in [-0.25, -0.2) is 9.89 Å². The number of hydrogen-bond acceptors (Lipinski definition) is 6. The quantitative estimate of drug-likeness (QED) is 0.690. The highest BCUT2D eigenvalue weighted by molar-refractivity contribution is 5.43. The minimum atomic E-state index is -0.370. The highest BCUT2D eigenvalue weighted by Crippen LogP contribution is 2.06. The molecule has 3 aromatic rings. The molecule has 0 fully saturated rings. The van der Waals surface area contributed by atoms with Crippen molar-refractivity contribution in [1.82, 2.24) is 25.0 Å². The maximum atomic E-state index is 11.3. The number of hydrogen-bond donors (Lipinski definition) is 2. The monoisotopic (exact) mass is 246 g/mol. The molecular weight excluding hydrogens is 236 g/mol. The average Bonchev–Trinajstić information content (AvgIpc) is 2.94. The Hall–Kier alpha value is -2.64. The van der Waals surface area contributed by atoms with Crippen LogP contribution in [0.2, 0.25) is 0 Å². The molecule has 0 radical (unpaired) electrons. The van der Waals surface area contributed by atoms with Gasteiger partial charge in [0.2, 0.25) is 0 Å². The van der Waals surface area contributed by atoms with Gasteiger partial charge in [0.15, 0.2) is 5.65 Å². The molecule has 0 aromatic carbocycles.